The number of carbonyl (C=O) groups excluding carboxylic acids is 2. The fourth-order valence-corrected chi connectivity index (χ4v) is 7.65. The molecule has 2 aliphatic rings. The molecule has 46 heavy (non-hydrogen) atoms. The summed E-state index contributed by atoms with van der Waals surface area (Å²) in [5, 5.41) is 27.6. The number of nitrogens with one attached hydrogen (secondary N) is 2. The van der Waals surface area contributed by atoms with Crippen LogP contribution in [0.5, 0.6) is 0 Å². The van der Waals surface area contributed by atoms with E-state index < -0.39 is 59.0 Å². The summed E-state index contributed by atoms with van der Waals surface area (Å²) in [6.07, 6.45) is 15.0. The van der Waals surface area contributed by atoms with Crippen LogP contribution in [-0.4, -0.2) is 87.9 Å². The molecule has 0 aliphatic carbocycles. The highest BCUT2D eigenvalue weighted by atomic mass is 35.5. The molecule has 0 saturated carbocycles. The van der Waals surface area contributed by atoms with Gasteiger partial charge in [0.05, 0.1) is 17.5 Å². The minimum atomic E-state index is -1.45. The van der Waals surface area contributed by atoms with Gasteiger partial charge < -0.3 is 30.3 Å². The number of thioether (sulfide) groups is 1. The fraction of sp³-hybridized carbons (Fsp3) is 0.943. The van der Waals surface area contributed by atoms with E-state index in [1.54, 1.807) is 13.2 Å². The smallest absolute Gasteiger partial charge is 0.306 e. The van der Waals surface area contributed by atoms with Crippen molar-refractivity contribution < 1.29 is 33.7 Å². The molecule has 2 fully saturated rings. The van der Waals surface area contributed by atoms with Gasteiger partial charge in [-0.25, -0.2) is 4.39 Å². The molecule has 2 aliphatic heterocycles. The maximum Gasteiger partial charge on any atom is 0.306 e. The van der Waals surface area contributed by atoms with Gasteiger partial charge in [0, 0.05) is 6.42 Å². The van der Waals surface area contributed by atoms with Crippen LogP contribution < -0.4 is 10.6 Å². The number of amides is 1. The lowest BCUT2D eigenvalue weighted by molar-refractivity contribution is -0.218. The number of aliphatic hydroxyl groups is 2. The first-order chi connectivity index (χ1) is 22.1. The standard InChI is InChI=1S/C35H64ClFN2O6S/c1-5-7-8-9-10-11-12-13-14-15-16-17-18-19-27(40)44-32-30(42)29(41)31(45-34(32)46-4)28(25(3)36)39-33(43)26-20-22-35(37,21-6-2)23-24-38-26/h25-26,28-32,34,38,41-42H,5-24H2,1-4H3,(H,39,43)/t25-,26-,28+,29+,30-,31+,32+,34+,35?/m0/s1. The zero-order chi connectivity index (χ0) is 34.0. The second kappa shape index (κ2) is 22.9. The summed E-state index contributed by atoms with van der Waals surface area (Å²) in [6.45, 7) is 6.26. The third kappa shape index (κ3) is 14.5. The molecule has 2 saturated heterocycles. The number of ether oxygens (including phenoxy) is 2. The van der Waals surface area contributed by atoms with Crippen molar-refractivity contribution in [2.45, 2.75) is 196 Å². The van der Waals surface area contributed by atoms with E-state index >= 15 is 4.39 Å². The number of alkyl halides is 2. The van der Waals surface area contributed by atoms with Crippen molar-refractivity contribution in [1.82, 2.24) is 10.6 Å². The van der Waals surface area contributed by atoms with Crippen LogP contribution in [0.4, 0.5) is 4.39 Å². The summed E-state index contributed by atoms with van der Waals surface area (Å²) < 4.78 is 26.9. The summed E-state index contributed by atoms with van der Waals surface area (Å²) in [5.41, 5.74) is -2.04. The van der Waals surface area contributed by atoms with Crippen molar-refractivity contribution in [3.05, 3.63) is 0 Å². The van der Waals surface area contributed by atoms with Crippen molar-refractivity contribution in [2.75, 3.05) is 12.8 Å². The summed E-state index contributed by atoms with van der Waals surface area (Å²) in [7, 11) is 0. The number of unbranched alkanes of at least 4 members (excludes halogenated alkanes) is 12. The molecule has 2 heterocycles. The number of aliphatic hydroxyl groups excluding tert-OH is 2. The van der Waals surface area contributed by atoms with Gasteiger partial charge in [-0.1, -0.05) is 97.3 Å². The molecule has 9 atom stereocenters. The lowest BCUT2D eigenvalue weighted by Crippen LogP contribution is -2.65. The highest BCUT2D eigenvalue weighted by Crippen LogP contribution is 2.33. The first kappa shape index (κ1) is 41.5. The SMILES string of the molecule is CCCCCCCCCCCCCCCC(=O)O[C@@H]1[C@@H](O)[C@@H](O)[C@@H]([C@H](NC(=O)[C@@H]2CCC(F)(CCC)CCN2)[C@H](C)Cl)O[C@@H]1SC. The van der Waals surface area contributed by atoms with E-state index in [9.17, 15) is 19.8 Å². The van der Waals surface area contributed by atoms with E-state index in [1.807, 2.05) is 6.92 Å². The third-order valence-corrected chi connectivity index (χ3v) is 10.7. The second-order valence-electron chi connectivity index (χ2n) is 13.5. The minimum absolute atomic E-state index is 0.242. The summed E-state index contributed by atoms with van der Waals surface area (Å²) in [6, 6.07) is -1.44. The maximum atomic E-state index is 15.1. The Bertz CT molecular complexity index is 858. The Labute approximate surface area is 287 Å². The molecule has 4 N–H and O–H groups in total. The Morgan fingerprint density at radius 2 is 1.57 bits per heavy atom. The van der Waals surface area contributed by atoms with Crippen molar-refractivity contribution >= 4 is 35.2 Å². The van der Waals surface area contributed by atoms with Gasteiger partial charge in [-0.2, -0.15) is 0 Å². The van der Waals surface area contributed by atoms with Crippen molar-refractivity contribution in [2.24, 2.45) is 0 Å². The van der Waals surface area contributed by atoms with E-state index in [0.29, 0.717) is 32.2 Å². The Balaban J connectivity index is 1.78. The predicted octanol–water partition coefficient (Wildman–Crippen LogP) is 6.95. The van der Waals surface area contributed by atoms with Gasteiger partial charge in [0.2, 0.25) is 5.91 Å². The quantitative estimate of drug-likeness (QED) is 0.0547. The largest absolute Gasteiger partial charge is 0.456 e. The predicted molar refractivity (Wildman–Crippen MR) is 186 cm³/mol. The number of hydrogen-bond acceptors (Lipinski definition) is 8. The molecule has 1 unspecified atom stereocenters. The Kier molecular flexibility index (Phi) is 20.7. The average Bonchev–Trinajstić information content (AvgIpc) is 3.22. The van der Waals surface area contributed by atoms with Crippen LogP contribution in [0.25, 0.3) is 0 Å². The van der Waals surface area contributed by atoms with Crippen LogP contribution in [0.1, 0.15) is 143 Å². The fourth-order valence-electron chi connectivity index (χ4n) is 6.72. The molecule has 0 aromatic heterocycles. The molecule has 0 spiro atoms. The maximum absolute atomic E-state index is 15.1. The van der Waals surface area contributed by atoms with Crippen LogP contribution in [-0.2, 0) is 19.1 Å². The van der Waals surface area contributed by atoms with Crippen LogP contribution >= 0.6 is 23.4 Å². The van der Waals surface area contributed by atoms with E-state index in [4.69, 9.17) is 21.1 Å². The van der Waals surface area contributed by atoms with Crippen LogP contribution in [0.15, 0.2) is 0 Å². The van der Waals surface area contributed by atoms with Crippen molar-refractivity contribution in [1.29, 1.82) is 0 Å². The molecular formula is C35H64ClFN2O6S. The van der Waals surface area contributed by atoms with Gasteiger partial charge in [0.15, 0.2) is 6.10 Å². The topological polar surface area (TPSA) is 117 Å². The highest BCUT2D eigenvalue weighted by Gasteiger charge is 2.50. The lowest BCUT2D eigenvalue weighted by atomic mass is 9.90. The lowest BCUT2D eigenvalue weighted by Gasteiger charge is -2.45. The molecule has 270 valence electrons. The van der Waals surface area contributed by atoms with Gasteiger partial charge in [0.1, 0.15) is 29.4 Å². The molecular weight excluding hydrogens is 631 g/mol. The molecule has 2 rings (SSSR count). The van der Waals surface area contributed by atoms with Crippen molar-refractivity contribution in [3.63, 3.8) is 0 Å². The third-order valence-electron chi connectivity index (χ3n) is 9.58. The van der Waals surface area contributed by atoms with E-state index in [1.165, 1.54) is 76.0 Å². The zero-order valence-electron chi connectivity index (χ0n) is 29.0. The number of rotatable bonds is 22. The first-order valence-corrected chi connectivity index (χ1v) is 19.9. The molecule has 0 aromatic carbocycles. The van der Waals surface area contributed by atoms with E-state index in [0.717, 1.165) is 19.3 Å². The van der Waals surface area contributed by atoms with Crippen LogP contribution in [0.3, 0.4) is 0 Å². The Morgan fingerprint density at radius 1 is 0.978 bits per heavy atom. The number of esters is 1. The molecule has 8 nitrogen and oxygen atoms in total. The van der Waals surface area contributed by atoms with Gasteiger partial charge in [0.25, 0.3) is 0 Å². The molecule has 0 bridgehead atoms. The van der Waals surface area contributed by atoms with Gasteiger partial charge in [-0.3, -0.25) is 9.59 Å². The molecule has 1 amide bonds. The van der Waals surface area contributed by atoms with E-state index in [2.05, 4.69) is 17.6 Å². The Morgan fingerprint density at radius 3 is 2.11 bits per heavy atom. The summed E-state index contributed by atoms with van der Waals surface area (Å²) in [4.78, 5) is 26.0. The van der Waals surface area contributed by atoms with Gasteiger partial charge >= 0.3 is 5.97 Å². The van der Waals surface area contributed by atoms with Gasteiger partial charge in [-0.15, -0.1) is 23.4 Å². The number of halogens is 2. The van der Waals surface area contributed by atoms with Crippen LogP contribution in [0, 0.1) is 0 Å². The average molecular weight is 695 g/mol. The Hall–Kier alpha value is -0.650. The van der Waals surface area contributed by atoms with Crippen LogP contribution in [0.2, 0.25) is 0 Å². The number of carbonyl (C=O) groups is 2. The van der Waals surface area contributed by atoms with E-state index in [-0.39, 0.29) is 18.7 Å². The van der Waals surface area contributed by atoms with Crippen molar-refractivity contribution in [3.8, 4) is 0 Å². The summed E-state index contributed by atoms with van der Waals surface area (Å²) in [5.74, 6) is -0.780. The second-order valence-corrected chi connectivity index (χ2v) is 15.2. The molecule has 0 radical (unpaired) electrons. The molecule has 11 heteroatoms. The highest BCUT2D eigenvalue weighted by molar-refractivity contribution is 7.99. The molecule has 0 aromatic rings. The normalized spacial score (nSPS) is 29.9. The summed E-state index contributed by atoms with van der Waals surface area (Å²) >= 11 is 7.75. The zero-order valence-corrected chi connectivity index (χ0v) is 30.5. The number of hydrogen-bond donors (Lipinski definition) is 4. The minimum Gasteiger partial charge on any atom is -0.456 e. The first-order valence-electron chi connectivity index (χ1n) is 18.2. The van der Waals surface area contributed by atoms with Gasteiger partial charge in [-0.05, 0) is 51.8 Å². The monoisotopic (exact) mass is 694 g/mol.